The third-order valence-corrected chi connectivity index (χ3v) is 3.90. The smallest absolute Gasteiger partial charge is 0.238 e. The van der Waals surface area contributed by atoms with E-state index in [0.29, 0.717) is 22.5 Å². The van der Waals surface area contributed by atoms with E-state index in [1.54, 1.807) is 29.0 Å². The molecule has 0 radical (unpaired) electrons. The average Bonchev–Trinajstić information content (AvgIpc) is 3.00. The van der Waals surface area contributed by atoms with Crippen molar-refractivity contribution in [3.8, 4) is 29.0 Å². The number of methoxy groups -OCH3 is 1. The molecule has 0 saturated heterocycles. The minimum absolute atomic E-state index is 0.152. The topological polar surface area (TPSA) is 119 Å². The highest BCUT2D eigenvalue weighted by Gasteiger charge is 2.13. The molecule has 3 rings (SSSR count). The van der Waals surface area contributed by atoms with E-state index in [2.05, 4.69) is 31.6 Å². The second-order valence-corrected chi connectivity index (χ2v) is 7.00. The lowest BCUT2D eigenvalue weighted by molar-refractivity contribution is 0.350. The number of hydrogen-bond donors (Lipinski definition) is 2. The van der Waals surface area contributed by atoms with Crippen LogP contribution in [-0.4, -0.2) is 53.1 Å². The molecule has 0 spiro atoms. The molecule has 2 N–H and O–H groups in total. The van der Waals surface area contributed by atoms with Gasteiger partial charge in [-0.05, 0) is 12.1 Å². The van der Waals surface area contributed by atoms with E-state index in [1.165, 1.54) is 13.3 Å². The number of aliphatic hydroxyl groups excluding tert-OH is 1. The summed E-state index contributed by atoms with van der Waals surface area (Å²) in [6, 6.07) is 3.30. The SMILES string of the molecule is COc1ncc(-c2ccn3ncc(C#CCO)c3n2)cc1NS(C)(=O)=O. The Morgan fingerprint density at radius 3 is 2.88 bits per heavy atom. The number of hydrogen-bond acceptors (Lipinski definition) is 7. The highest BCUT2D eigenvalue weighted by molar-refractivity contribution is 7.92. The zero-order chi connectivity index (χ0) is 18.7. The molecule has 3 heterocycles. The van der Waals surface area contributed by atoms with Crippen molar-refractivity contribution in [1.29, 1.82) is 0 Å². The standard InChI is InChI=1S/C16H15N5O4S/c1-25-16-14(20-26(2,23)24)8-12(9-17-16)13-5-6-21-15(19-13)11(10-18-21)4-3-7-22/h5-6,8-10,20,22H,7H2,1-2H3. The largest absolute Gasteiger partial charge is 0.480 e. The van der Waals surface area contributed by atoms with Crippen LogP contribution in [0.4, 0.5) is 5.69 Å². The molecule has 10 heteroatoms. The van der Waals surface area contributed by atoms with Gasteiger partial charge in [0, 0.05) is 18.0 Å². The van der Waals surface area contributed by atoms with Crippen LogP contribution in [0, 0.1) is 11.8 Å². The number of fused-ring (bicyclic) bond motifs is 1. The second kappa shape index (κ2) is 6.99. The van der Waals surface area contributed by atoms with Crippen LogP contribution >= 0.6 is 0 Å². The molecule has 0 amide bonds. The van der Waals surface area contributed by atoms with Crippen molar-refractivity contribution < 1.29 is 18.3 Å². The summed E-state index contributed by atoms with van der Waals surface area (Å²) in [5.74, 6) is 5.49. The summed E-state index contributed by atoms with van der Waals surface area (Å²) in [4.78, 5) is 8.63. The van der Waals surface area contributed by atoms with Crippen LogP contribution in [0.1, 0.15) is 5.56 Å². The summed E-state index contributed by atoms with van der Waals surface area (Å²) in [7, 11) is -2.10. The van der Waals surface area contributed by atoms with Gasteiger partial charge in [-0.1, -0.05) is 11.8 Å². The Morgan fingerprint density at radius 2 is 2.19 bits per heavy atom. The van der Waals surface area contributed by atoms with Crippen LogP contribution in [0.3, 0.4) is 0 Å². The minimum Gasteiger partial charge on any atom is -0.480 e. The molecule has 0 fully saturated rings. The van der Waals surface area contributed by atoms with Crippen molar-refractivity contribution in [2.24, 2.45) is 0 Å². The number of pyridine rings is 1. The maximum absolute atomic E-state index is 11.5. The van der Waals surface area contributed by atoms with Crippen LogP contribution < -0.4 is 9.46 Å². The third kappa shape index (κ3) is 3.74. The van der Waals surface area contributed by atoms with Crippen LogP contribution in [0.5, 0.6) is 5.88 Å². The van der Waals surface area contributed by atoms with Gasteiger partial charge < -0.3 is 9.84 Å². The van der Waals surface area contributed by atoms with Gasteiger partial charge in [-0.25, -0.2) is 22.9 Å². The number of aliphatic hydroxyl groups is 1. The molecule has 0 aliphatic heterocycles. The van der Waals surface area contributed by atoms with Gasteiger partial charge in [-0.2, -0.15) is 5.10 Å². The van der Waals surface area contributed by atoms with Crippen molar-refractivity contribution in [1.82, 2.24) is 19.6 Å². The van der Waals surface area contributed by atoms with Gasteiger partial charge in [0.05, 0.1) is 30.8 Å². The van der Waals surface area contributed by atoms with E-state index in [4.69, 9.17) is 9.84 Å². The Morgan fingerprint density at radius 1 is 1.38 bits per heavy atom. The molecule has 0 saturated carbocycles. The van der Waals surface area contributed by atoms with E-state index >= 15 is 0 Å². The average molecular weight is 373 g/mol. The van der Waals surface area contributed by atoms with Gasteiger partial charge in [0.15, 0.2) is 5.65 Å². The van der Waals surface area contributed by atoms with Gasteiger partial charge in [-0.15, -0.1) is 0 Å². The first-order chi connectivity index (χ1) is 12.4. The number of aromatic nitrogens is 4. The summed E-state index contributed by atoms with van der Waals surface area (Å²) in [6.07, 6.45) is 5.83. The molecule has 0 aromatic carbocycles. The number of rotatable bonds is 4. The lowest BCUT2D eigenvalue weighted by Crippen LogP contribution is -2.11. The Balaban J connectivity index is 2.09. The van der Waals surface area contributed by atoms with Gasteiger partial charge in [0.2, 0.25) is 15.9 Å². The molecule has 0 bridgehead atoms. The fourth-order valence-electron chi connectivity index (χ4n) is 2.28. The zero-order valence-electron chi connectivity index (χ0n) is 14.0. The molecule has 0 unspecified atom stereocenters. The van der Waals surface area contributed by atoms with E-state index < -0.39 is 10.0 Å². The highest BCUT2D eigenvalue weighted by Crippen LogP contribution is 2.28. The van der Waals surface area contributed by atoms with E-state index in [0.717, 1.165) is 6.26 Å². The predicted molar refractivity (Wildman–Crippen MR) is 95.2 cm³/mol. The lowest BCUT2D eigenvalue weighted by Gasteiger charge is -2.10. The molecule has 0 atom stereocenters. The van der Waals surface area contributed by atoms with Crippen LogP contribution in [0.15, 0.2) is 30.7 Å². The molecular weight excluding hydrogens is 358 g/mol. The summed E-state index contributed by atoms with van der Waals surface area (Å²) < 4.78 is 32.1. The molecule has 26 heavy (non-hydrogen) atoms. The quantitative estimate of drug-likeness (QED) is 0.640. The molecule has 134 valence electrons. The van der Waals surface area contributed by atoms with Gasteiger partial charge in [0.1, 0.15) is 12.3 Å². The van der Waals surface area contributed by atoms with Crippen LogP contribution in [0.2, 0.25) is 0 Å². The normalized spacial score (nSPS) is 11.0. The molecular formula is C16H15N5O4S. The van der Waals surface area contributed by atoms with Crippen molar-refractivity contribution >= 4 is 21.4 Å². The summed E-state index contributed by atoms with van der Waals surface area (Å²) in [5.41, 5.74) is 2.43. The van der Waals surface area contributed by atoms with E-state index in [9.17, 15) is 8.42 Å². The zero-order valence-corrected chi connectivity index (χ0v) is 14.8. The second-order valence-electron chi connectivity index (χ2n) is 5.25. The maximum atomic E-state index is 11.5. The Bertz CT molecular complexity index is 1130. The molecule has 3 aromatic rings. The number of nitrogens with one attached hydrogen (secondary N) is 1. The fraction of sp³-hybridized carbons (Fsp3) is 0.188. The van der Waals surface area contributed by atoms with E-state index in [-0.39, 0.29) is 18.2 Å². The summed E-state index contributed by atoms with van der Waals surface area (Å²) >= 11 is 0. The van der Waals surface area contributed by atoms with Crippen molar-refractivity contribution in [2.75, 3.05) is 24.7 Å². The Hall–Kier alpha value is -3.16. The fourth-order valence-corrected chi connectivity index (χ4v) is 2.83. The number of anilines is 1. The van der Waals surface area contributed by atoms with Crippen molar-refractivity contribution in [3.05, 3.63) is 36.3 Å². The Labute approximate surface area is 149 Å². The van der Waals surface area contributed by atoms with Gasteiger partial charge in [-0.3, -0.25) is 4.72 Å². The maximum Gasteiger partial charge on any atom is 0.238 e. The molecule has 0 aliphatic carbocycles. The molecule has 0 aliphatic rings. The van der Waals surface area contributed by atoms with Crippen molar-refractivity contribution in [2.45, 2.75) is 0 Å². The predicted octanol–water partition coefficient (Wildman–Crippen LogP) is 0.515. The Kier molecular flexibility index (Phi) is 4.75. The number of ether oxygens (including phenoxy) is 1. The molecule has 9 nitrogen and oxygen atoms in total. The van der Waals surface area contributed by atoms with Crippen LogP contribution in [-0.2, 0) is 10.0 Å². The number of nitrogens with zero attached hydrogens (tertiary/aromatic N) is 4. The van der Waals surface area contributed by atoms with Crippen LogP contribution in [0.25, 0.3) is 16.9 Å². The van der Waals surface area contributed by atoms with E-state index in [1.807, 2.05) is 0 Å². The van der Waals surface area contributed by atoms with Gasteiger partial charge >= 0.3 is 0 Å². The van der Waals surface area contributed by atoms with Crippen molar-refractivity contribution in [3.63, 3.8) is 0 Å². The highest BCUT2D eigenvalue weighted by atomic mass is 32.2. The third-order valence-electron chi connectivity index (χ3n) is 3.31. The summed E-state index contributed by atoms with van der Waals surface area (Å²) in [5, 5.41) is 13.0. The first-order valence-electron chi connectivity index (χ1n) is 7.37. The minimum atomic E-state index is -3.50. The number of sulfonamides is 1. The summed E-state index contributed by atoms with van der Waals surface area (Å²) in [6.45, 7) is -0.264. The monoisotopic (exact) mass is 373 g/mol. The van der Waals surface area contributed by atoms with Gasteiger partial charge in [0.25, 0.3) is 0 Å². The first-order valence-corrected chi connectivity index (χ1v) is 9.27. The molecule has 3 aromatic heterocycles. The lowest BCUT2D eigenvalue weighted by atomic mass is 10.2. The first kappa shape index (κ1) is 17.7.